The number of thiophene rings is 1. The molecule has 0 bridgehead atoms. The van der Waals surface area contributed by atoms with E-state index in [1.54, 1.807) is 16.4 Å². The molecule has 2 aromatic rings. The van der Waals surface area contributed by atoms with Gasteiger partial charge >= 0.3 is 0 Å². The van der Waals surface area contributed by atoms with Gasteiger partial charge in [-0.15, -0.1) is 11.3 Å². The summed E-state index contributed by atoms with van der Waals surface area (Å²) in [6, 6.07) is 3.20. The van der Waals surface area contributed by atoms with E-state index in [0.29, 0.717) is 34.7 Å². The molecule has 6 nitrogen and oxygen atoms in total. The van der Waals surface area contributed by atoms with Crippen LogP contribution in [-0.4, -0.2) is 53.6 Å². The summed E-state index contributed by atoms with van der Waals surface area (Å²) < 4.78 is 29.4. The summed E-state index contributed by atoms with van der Waals surface area (Å²) in [5, 5.41) is 4.25. The number of nitrogens with zero attached hydrogens (tertiary/aromatic N) is 4. The van der Waals surface area contributed by atoms with Crippen molar-refractivity contribution in [3.63, 3.8) is 0 Å². The molecule has 0 saturated carbocycles. The van der Waals surface area contributed by atoms with E-state index in [4.69, 9.17) is 11.6 Å². The second kappa shape index (κ2) is 6.52. The van der Waals surface area contributed by atoms with Crippen molar-refractivity contribution in [2.45, 2.75) is 17.7 Å². The predicted molar refractivity (Wildman–Crippen MR) is 91.3 cm³/mol. The molecule has 0 aliphatic carbocycles. The van der Waals surface area contributed by atoms with Crippen LogP contribution < -0.4 is 0 Å². The minimum atomic E-state index is -3.42. The summed E-state index contributed by atoms with van der Waals surface area (Å²) in [7, 11) is -1.49. The lowest BCUT2D eigenvalue weighted by Crippen LogP contribution is -2.48. The maximum atomic E-state index is 12.6. The van der Waals surface area contributed by atoms with Crippen molar-refractivity contribution in [3.05, 3.63) is 33.9 Å². The van der Waals surface area contributed by atoms with Crippen LogP contribution in [0.4, 0.5) is 0 Å². The summed E-state index contributed by atoms with van der Waals surface area (Å²) in [5.41, 5.74) is 2.34. The van der Waals surface area contributed by atoms with Gasteiger partial charge in [0.15, 0.2) is 0 Å². The average Bonchev–Trinajstić information content (AvgIpc) is 3.09. The van der Waals surface area contributed by atoms with Crippen molar-refractivity contribution >= 4 is 33.0 Å². The molecular weight excluding hydrogens is 356 g/mol. The quantitative estimate of drug-likeness (QED) is 0.820. The molecular formula is C14H19ClN4O2S2. The van der Waals surface area contributed by atoms with E-state index in [1.165, 1.54) is 5.56 Å². The minimum absolute atomic E-state index is 0.319. The Morgan fingerprint density at radius 3 is 2.48 bits per heavy atom. The number of sulfonamides is 1. The predicted octanol–water partition coefficient (Wildman–Crippen LogP) is 1.95. The maximum Gasteiger partial charge on any atom is 0.252 e. The van der Waals surface area contributed by atoms with Gasteiger partial charge in [-0.1, -0.05) is 11.6 Å². The smallest absolute Gasteiger partial charge is 0.252 e. The van der Waals surface area contributed by atoms with Crippen molar-refractivity contribution in [2.24, 2.45) is 7.05 Å². The number of hydrogen-bond acceptors (Lipinski definition) is 5. The zero-order valence-electron chi connectivity index (χ0n) is 13.1. The van der Waals surface area contributed by atoms with E-state index < -0.39 is 10.0 Å². The standard InChI is InChI=1S/C14H19ClN4O2S2/c1-11-12(9-16-17(11)2)10-18-5-7-19(8-6-18)23(20,21)14-4-3-13(15)22-14/h3-4,9H,5-8,10H2,1-2H3. The van der Waals surface area contributed by atoms with E-state index >= 15 is 0 Å². The molecule has 0 unspecified atom stereocenters. The highest BCUT2D eigenvalue weighted by atomic mass is 35.5. The summed E-state index contributed by atoms with van der Waals surface area (Å²) in [6.45, 7) is 5.27. The first-order valence-corrected chi connectivity index (χ1v) is 9.96. The van der Waals surface area contributed by atoms with Gasteiger partial charge in [0.2, 0.25) is 0 Å². The van der Waals surface area contributed by atoms with Crippen molar-refractivity contribution in [2.75, 3.05) is 26.2 Å². The Morgan fingerprint density at radius 2 is 1.96 bits per heavy atom. The van der Waals surface area contributed by atoms with Gasteiger partial charge in [-0.2, -0.15) is 9.40 Å². The molecule has 0 amide bonds. The van der Waals surface area contributed by atoms with Gasteiger partial charge in [-0.05, 0) is 19.1 Å². The van der Waals surface area contributed by atoms with Gasteiger partial charge < -0.3 is 0 Å². The lowest BCUT2D eigenvalue weighted by molar-refractivity contribution is 0.181. The maximum absolute atomic E-state index is 12.6. The fourth-order valence-electron chi connectivity index (χ4n) is 2.63. The second-order valence-electron chi connectivity index (χ2n) is 5.62. The molecule has 0 aromatic carbocycles. The Morgan fingerprint density at radius 1 is 1.26 bits per heavy atom. The third-order valence-electron chi connectivity index (χ3n) is 4.20. The van der Waals surface area contributed by atoms with Crippen LogP contribution in [0.1, 0.15) is 11.3 Å². The van der Waals surface area contributed by atoms with Gasteiger partial charge in [-0.25, -0.2) is 8.42 Å². The molecule has 1 aliphatic rings. The minimum Gasteiger partial charge on any atom is -0.296 e. The Hall–Kier alpha value is -0.930. The van der Waals surface area contributed by atoms with Crippen LogP contribution in [0.5, 0.6) is 0 Å². The molecule has 3 rings (SSSR count). The Labute approximate surface area is 145 Å². The zero-order chi connectivity index (χ0) is 16.6. The van der Waals surface area contributed by atoms with E-state index in [0.717, 1.165) is 23.6 Å². The largest absolute Gasteiger partial charge is 0.296 e. The summed E-state index contributed by atoms with van der Waals surface area (Å²) in [6.07, 6.45) is 1.88. The average molecular weight is 375 g/mol. The van der Waals surface area contributed by atoms with Crippen molar-refractivity contribution in [1.82, 2.24) is 19.0 Å². The first-order chi connectivity index (χ1) is 10.9. The first kappa shape index (κ1) is 16.9. The third kappa shape index (κ3) is 3.46. The second-order valence-corrected chi connectivity index (χ2v) is 9.50. The highest BCUT2D eigenvalue weighted by molar-refractivity contribution is 7.91. The molecule has 1 aliphatic heterocycles. The van der Waals surface area contributed by atoms with Gasteiger partial charge in [0.25, 0.3) is 10.0 Å². The fraction of sp³-hybridized carbons (Fsp3) is 0.500. The topological polar surface area (TPSA) is 58.4 Å². The van der Waals surface area contributed by atoms with E-state index in [2.05, 4.69) is 10.00 Å². The summed E-state index contributed by atoms with van der Waals surface area (Å²) >= 11 is 6.96. The lowest BCUT2D eigenvalue weighted by Gasteiger charge is -2.33. The number of hydrogen-bond donors (Lipinski definition) is 0. The SMILES string of the molecule is Cc1c(CN2CCN(S(=O)(=O)c3ccc(Cl)s3)CC2)cnn1C. The van der Waals surface area contributed by atoms with Crippen LogP contribution in [0.25, 0.3) is 0 Å². The van der Waals surface area contributed by atoms with Crippen molar-refractivity contribution in [3.8, 4) is 0 Å². The Bertz CT molecular complexity index is 792. The molecule has 0 radical (unpaired) electrons. The summed E-state index contributed by atoms with van der Waals surface area (Å²) in [4.78, 5) is 2.26. The zero-order valence-corrected chi connectivity index (χ0v) is 15.5. The van der Waals surface area contributed by atoms with Crippen LogP contribution in [0.15, 0.2) is 22.5 Å². The molecule has 3 heterocycles. The van der Waals surface area contributed by atoms with E-state index in [1.807, 2.05) is 24.9 Å². The molecule has 0 spiro atoms. The van der Waals surface area contributed by atoms with E-state index in [-0.39, 0.29) is 0 Å². The highest BCUT2D eigenvalue weighted by Crippen LogP contribution is 2.28. The molecule has 1 saturated heterocycles. The molecule has 0 N–H and O–H groups in total. The first-order valence-electron chi connectivity index (χ1n) is 7.33. The summed E-state index contributed by atoms with van der Waals surface area (Å²) in [5.74, 6) is 0. The third-order valence-corrected chi connectivity index (χ3v) is 7.80. The fourth-order valence-corrected chi connectivity index (χ4v) is 5.69. The number of aryl methyl sites for hydroxylation is 1. The number of aromatic nitrogens is 2. The van der Waals surface area contributed by atoms with Gasteiger partial charge in [0.1, 0.15) is 4.21 Å². The Balaban J connectivity index is 1.63. The van der Waals surface area contributed by atoms with Crippen LogP contribution in [-0.2, 0) is 23.6 Å². The molecule has 0 atom stereocenters. The normalized spacial score (nSPS) is 17.7. The Kier molecular flexibility index (Phi) is 4.80. The number of piperazine rings is 1. The van der Waals surface area contributed by atoms with Crippen LogP contribution in [0, 0.1) is 6.92 Å². The molecule has 2 aromatic heterocycles. The van der Waals surface area contributed by atoms with Crippen LogP contribution in [0.3, 0.4) is 0 Å². The monoisotopic (exact) mass is 374 g/mol. The molecule has 126 valence electrons. The van der Waals surface area contributed by atoms with Gasteiger partial charge in [-0.3, -0.25) is 9.58 Å². The van der Waals surface area contributed by atoms with Crippen LogP contribution in [0.2, 0.25) is 4.34 Å². The lowest BCUT2D eigenvalue weighted by atomic mass is 10.2. The van der Waals surface area contributed by atoms with Crippen molar-refractivity contribution < 1.29 is 8.42 Å². The molecule has 9 heteroatoms. The van der Waals surface area contributed by atoms with Crippen LogP contribution >= 0.6 is 22.9 Å². The highest BCUT2D eigenvalue weighted by Gasteiger charge is 2.29. The number of halogens is 1. The number of rotatable bonds is 4. The van der Waals surface area contributed by atoms with Crippen molar-refractivity contribution in [1.29, 1.82) is 0 Å². The van der Waals surface area contributed by atoms with Gasteiger partial charge in [0, 0.05) is 51.0 Å². The molecule has 1 fully saturated rings. The van der Waals surface area contributed by atoms with Gasteiger partial charge in [0.05, 0.1) is 10.5 Å². The molecule has 23 heavy (non-hydrogen) atoms. The van der Waals surface area contributed by atoms with E-state index in [9.17, 15) is 8.42 Å².